The summed E-state index contributed by atoms with van der Waals surface area (Å²) in [5, 5.41) is 0.847. The van der Waals surface area contributed by atoms with Gasteiger partial charge in [-0.25, -0.2) is 0 Å². The lowest BCUT2D eigenvalue weighted by molar-refractivity contribution is -0.0137. The molecular weight excluding hydrogens is 306 g/mol. The molecule has 3 heteroatoms. The van der Waals surface area contributed by atoms with Gasteiger partial charge in [0.15, 0.2) is 0 Å². The summed E-state index contributed by atoms with van der Waals surface area (Å²) in [6, 6.07) is 8.46. The van der Waals surface area contributed by atoms with Gasteiger partial charge in [0.25, 0.3) is 0 Å². The minimum atomic E-state index is 0.223. The lowest BCUT2D eigenvalue weighted by Gasteiger charge is -2.46. The highest BCUT2D eigenvalue weighted by molar-refractivity contribution is 6.31. The van der Waals surface area contributed by atoms with Gasteiger partial charge < -0.3 is 4.74 Å². The standard InChI is InChI=1S/C20H26ClNO/c1-14(2)10-11-22-13-15(3)20-17(8-6-12-23-20)19(22)16-7-4-5-9-18(16)21/h4-5,7-10,15,19-20H,6,11-13H2,1-3H3/t15-,19-,20-/m1/s1. The van der Waals surface area contributed by atoms with Gasteiger partial charge in [-0.05, 0) is 43.4 Å². The molecule has 0 aliphatic carbocycles. The number of nitrogens with zero attached hydrogens (tertiary/aromatic N) is 1. The smallest absolute Gasteiger partial charge is 0.0841 e. The average Bonchev–Trinajstić information content (AvgIpc) is 2.54. The van der Waals surface area contributed by atoms with E-state index < -0.39 is 0 Å². The second-order valence-electron chi connectivity index (χ2n) is 6.92. The van der Waals surface area contributed by atoms with Crippen LogP contribution in [0.2, 0.25) is 5.02 Å². The molecule has 1 saturated heterocycles. The molecule has 2 aliphatic rings. The fourth-order valence-electron chi connectivity index (χ4n) is 3.73. The number of halogens is 1. The van der Waals surface area contributed by atoms with Crippen molar-refractivity contribution in [2.45, 2.75) is 39.3 Å². The zero-order valence-electron chi connectivity index (χ0n) is 14.3. The number of hydrogen-bond donors (Lipinski definition) is 0. The van der Waals surface area contributed by atoms with Crippen LogP contribution in [0.4, 0.5) is 0 Å². The second kappa shape index (κ2) is 7.21. The molecule has 0 amide bonds. The van der Waals surface area contributed by atoms with Gasteiger partial charge in [-0.2, -0.15) is 0 Å². The summed E-state index contributed by atoms with van der Waals surface area (Å²) < 4.78 is 6.11. The van der Waals surface area contributed by atoms with Crippen LogP contribution >= 0.6 is 11.6 Å². The molecule has 3 atom stereocenters. The maximum Gasteiger partial charge on any atom is 0.0841 e. The van der Waals surface area contributed by atoms with Crippen molar-refractivity contribution in [3.63, 3.8) is 0 Å². The van der Waals surface area contributed by atoms with E-state index in [-0.39, 0.29) is 12.1 Å². The van der Waals surface area contributed by atoms with E-state index in [1.165, 1.54) is 16.7 Å². The van der Waals surface area contributed by atoms with Crippen LogP contribution in [0.3, 0.4) is 0 Å². The van der Waals surface area contributed by atoms with E-state index in [9.17, 15) is 0 Å². The van der Waals surface area contributed by atoms with E-state index >= 15 is 0 Å². The number of likely N-dealkylation sites (tertiary alicyclic amines) is 1. The molecule has 3 rings (SSSR count). The Balaban J connectivity index is 2.02. The van der Waals surface area contributed by atoms with Crippen molar-refractivity contribution >= 4 is 11.6 Å². The van der Waals surface area contributed by atoms with Gasteiger partial charge >= 0.3 is 0 Å². The Morgan fingerprint density at radius 1 is 1.35 bits per heavy atom. The minimum Gasteiger partial charge on any atom is -0.373 e. The Labute approximate surface area is 144 Å². The highest BCUT2D eigenvalue weighted by Crippen LogP contribution is 2.43. The normalized spacial score (nSPS) is 28.0. The van der Waals surface area contributed by atoms with Crippen molar-refractivity contribution in [2.75, 3.05) is 19.7 Å². The van der Waals surface area contributed by atoms with Gasteiger partial charge in [0.05, 0.1) is 18.8 Å². The molecule has 0 bridgehead atoms. The molecule has 0 spiro atoms. The summed E-state index contributed by atoms with van der Waals surface area (Å²) in [5.41, 5.74) is 3.95. The van der Waals surface area contributed by atoms with Crippen LogP contribution in [0.25, 0.3) is 0 Å². The molecular formula is C20H26ClNO. The molecule has 23 heavy (non-hydrogen) atoms. The number of hydrogen-bond acceptors (Lipinski definition) is 2. The Morgan fingerprint density at radius 3 is 2.87 bits per heavy atom. The third kappa shape index (κ3) is 3.55. The van der Waals surface area contributed by atoms with Crippen molar-refractivity contribution in [2.24, 2.45) is 5.92 Å². The lowest BCUT2D eigenvalue weighted by Crippen LogP contribution is -2.48. The van der Waals surface area contributed by atoms with Crippen molar-refractivity contribution in [1.82, 2.24) is 4.90 Å². The maximum absolute atomic E-state index is 6.54. The molecule has 0 saturated carbocycles. The lowest BCUT2D eigenvalue weighted by atomic mass is 9.81. The summed E-state index contributed by atoms with van der Waals surface area (Å²) in [6.45, 7) is 9.42. The molecule has 1 aromatic carbocycles. The van der Waals surface area contributed by atoms with E-state index in [4.69, 9.17) is 16.3 Å². The van der Waals surface area contributed by atoms with Gasteiger partial charge in [0.2, 0.25) is 0 Å². The number of fused-ring (bicyclic) bond motifs is 1. The fraction of sp³-hybridized carbons (Fsp3) is 0.500. The summed E-state index contributed by atoms with van der Waals surface area (Å²) in [4.78, 5) is 2.54. The molecule has 1 fully saturated rings. The zero-order chi connectivity index (χ0) is 16.4. The van der Waals surface area contributed by atoms with Gasteiger partial charge in [0.1, 0.15) is 0 Å². The van der Waals surface area contributed by atoms with E-state index in [0.717, 1.165) is 31.1 Å². The van der Waals surface area contributed by atoms with Crippen LogP contribution in [0, 0.1) is 5.92 Å². The van der Waals surface area contributed by atoms with Crippen LogP contribution in [0.15, 0.2) is 47.6 Å². The molecule has 0 radical (unpaired) electrons. The summed E-state index contributed by atoms with van der Waals surface area (Å²) in [5.74, 6) is 0.505. The number of benzene rings is 1. The Bertz CT molecular complexity index is 618. The van der Waals surface area contributed by atoms with Crippen LogP contribution in [0.5, 0.6) is 0 Å². The number of allylic oxidation sites excluding steroid dienone is 1. The molecule has 2 aliphatic heterocycles. The van der Waals surface area contributed by atoms with Crippen LogP contribution in [-0.2, 0) is 4.74 Å². The first kappa shape index (κ1) is 16.8. The molecule has 1 aromatic rings. The summed E-state index contributed by atoms with van der Waals surface area (Å²) in [7, 11) is 0. The number of ether oxygens (including phenoxy) is 1. The maximum atomic E-state index is 6.54. The van der Waals surface area contributed by atoms with E-state index in [1.807, 2.05) is 12.1 Å². The largest absolute Gasteiger partial charge is 0.373 e. The minimum absolute atomic E-state index is 0.223. The predicted octanol–water partition coefficient (Wildman–Crippen LogP) is 5.01. The molecule has 0 N–H and O–H groups in total. The zero-order valence-corrected chi connectivity index (χ0v) is 15.0. The van der Waals surface area contributed by atoms with Gasteiger partial charge in [0, 0.05) is 18.1 Å². The van der Waals surface area contributed by atoms with Gasteiger partial charge in [-0.1, -0.05) is 54.4 Å². The average molecular weight is 332 g/mol. The molecule has 0 aromatic heterocycles. The van der Waals surface area contributed by atoms with Crippen LogP contribution in [-0.4, -0.2) is 30.7 Å². The predicted molar refractivity (Wildman–Crippen MR) is 96.8 cm³/mol. The first-order valence-corrected chi connectivity index (χ1v) is 8.89. The first-order chi connectivity index (χ1) is 11.1. The van der Waals surface area contributed by atoms with Crippen LogP contribution < -0.4 is 0 Å². The fourth-order valence-corrected chi connectivity index (χ4v) is 3.97. The number of piperidine rings is 1. The van der Waals surface area contributed by atoms with Crippen molar-refractivity contribution in [1.29, 1.82) is 0 Å². The topological polar surface area (TPSA) is 12.5 Å². The second-order valence-corrected chi connectivity index (χ2v) is 7.33. The Morgan fingerprint density at radius 2 is 2.13 bits per heavy atom. The highest BCUT2D eigenvalue weighted by Gasteiger charge is 2.40. The van der Waals surface area contributed by atoms with Crippen LogP contribution in [0.1, 0.15) is 38.8 Å². The quantitative estimate of drug-likeness (QED) is 0.721. The summed E-state index contributed by atoms with van der Waals surface area (Å²) in [6.07, 6.45) is 5.91. The molecule has 2 heterocycles. The third-order valence-electron chi connectivity index (χ3n) is 4.78. The monoisotopic (exact) mass is 331 g/mol. The Hall–Kier alpha value is -1.09. The molecule has 0 unspecified atom stereocenters. The molecule has 124 valence electrons. The van der Waals surface area contributed by atoms with Crippen molar-refractivity contribution in [3.05, 3.63) is 58.1 Å². The van der Waals surface area contributed by atoms with E-state index in [2.05, 4.69) is 50.0 Å². The van der Waals surface area contributed by atoms with Crippen molar-refractivity contribution in [3.8, 4) is 0 Å². The highest BCUT2D eigenvalue weighted by atomic mass is 35.5. The van der Waals surface area contributed by atoms with Crippen molar-refractivity contribution < 1.29 is 4.74 Å². The van der Waals surface area contributed by atoms with E-state index in [0.29, 0.717) is 5.92 Å². The van der Waals surface area contributed by atoms with Gasteiger partial charge in [-0.15, -0.1) is 0 Å². The van der Waals surface area contributed by atoms with E-state index in [1.54, 1.807) is 0 Å². The third-order valence-corrected chi connectivity index (χ3v) is 5.12. The van der Waals surface area contributed by atoms with Gasteiger partial charge in [-0.3, -0.25) is 4.90 Å². The molecule has 2 nitrogen and oxygen atoms in total. The SMILES string of the molecule is CC(C)=CCN1C[C@@H](C)[C@H]2OCCC=C2[C@H]1c1ccccc1Cl. The first-order valence-electron chi connectivity index (χ1n) is 8.51. The summed E-state index contributed by atoms with van der Waals surface area (Å²) >= 11 is 6.54. The Kier molecular flexibility index (Phi) is 5.25. The number of rotatable bonds is 3.